The van der Waals surface area contributed by atoms with Gasteiger partial charge in [0.1, 0.15) is 0 Å². The number of nitrogens with one attached hydrogen (secondary N) is 1. The smallest absolute Gasteiger partial charge is 0.245 e. The Bertz CT molecular complexity index is 599. The molecule has 0 aliphatic rings. The number of rotatable bonds is 3. The maximum atomic E-state index is 11.8. The zero-order chi connectivity index (χ0) is 14.0. The SMILES string of the molecule is Cc1ccccc1-c1csc(NC(=O)C(C)(C)N)n1. The number of carbonyl (C=O) groups excluding carboxylic acids is 1. The molecule has 1 aromatic carbocycles. The second-order valence-electron chi connectivity index (χ2n) is 5.03. The summed E-state index contributed by atoms with van der Waals surface area (Å²) in [5.74, 6) is -0.238. The molecule has 0 saturated carbocycles. The fourth-order valence-electron chi connectivity index (χ4n) is 1.57. The number of benzene rings is 1. The number of hydrogen-bond donors (Lipinski definition) is 2. The molecule has 0 spiro atoms. The van der Waals surface area contributed by atoms with Crippen molar-refractivity contribution in [2.24, 2.45) is 5.73 Å². The van der Waals surface area contributed by atoms with Gasteiger partial charge in [0.25, 0.3) is 0 Å². The van der Waals surface area contributed by atoms with Gasteiger partial charge in [-0.1, -0.05) is 24.3 Å². The van der Waals surface area contributed by atoms with Crippen LogP contribution in [0.1, 0.15) is 19.4 Å². The third-order valence-corrected chi connectivity index (χ3v) is 3.49. The lowest BCUT2D eigenvalue weighted by atomic mass is 10.1. The summed E-state index contributed by atoms with van der Waals surface area (Å²) < 4.78 is 0. The van der Waals surface area contributed by atoms with E-state index < -0.39 is 5.54 Å². The summed E-state index contributed by atoms with van der Waals surface area (Å²) in [4.78, 5) is 16.2. The molecule has 100 valence electrons. The molecule has 0 radical (unpaired) electrons. The van der Waals surface area contributed by atoms with Crippen LogP contribution in [0.5, 0.6) is 0 Å². The number of aryl methyl sites for hydroxylation is 1. The van der Waals surface area contributed by atoms with Crippen LogP contribution in [-0.2, 0) is 4.79 Å². The van der Waals surface area contributed by atoms with Crippen LogP contribution in [0.25, 0.3) is 11.3 Å². The number of amides is 1. The first-order valence-corrected chi connectivity index (χ1v) is 6.88. The summed E-state index contributed by atoms with van der Waals surface area (Å²) in [6, 6.07) is 8.02. The van der Waals surface area contributed by atoms with E-state index in [4.69, 9.17) is 5.73 Å². The van der Waals surface area contributed by atoms with Gasteiger partial charge in [-0.05, 0) is 26.3 Å². The summed E-state index contributed by atoms with van der Waals surface area (Å²) >= 11 is 1.40. The van der Waals surface area contributed by atoms with Gasteiger partial charge in [0.2, 0.25) is 5.91 Å². The number of nitrogens with zero attached hydrogens (tertiary/aromatic N) is 1. The molecule has 1 amide bonds. The van der Waals surface area contributed by atoms with Crippen molar-refractivity contribution >= 4 is 22.4 Å². The summed E-state index contributed by atoms with van der Waals surface area (Å²) in [6.45, 7) is 5.37. The largest absolute Gasteiger partial charge is 0.318 e. The predicted molar refractivity (Wildman–Crippen MR) is 79.2 cm³/mol. The van der Waals surface area contributed by atoms with Crippen LogP contribution in [0.15, 0.2) is 29.6 Å². The third-order valence-electron chi connectivity index (χ3n) is 2.73. The standard InChI is InChI=1S/C14H17N3OS/c1-9-6-4-5-7-10(9)11-8-19-13(16-11)17-12(18)14(2,3)15/h4-8H,15H2,1-3H3,(H,16,17,18). The highest BCUT2D eigenvalue weighted by molar-refractivity contribution is 7.14. The normalized spacial score (nSPS) is 11.4. The Morgan fingerprint density at radius 2 is 2.05 bits per heavy atom. The van der Waals surface area contributed by atoms with Gasteiger partial charge in [-0.25, -0.2) is 4.98 Å². The van der Waals surface area contributed by atoms with Crippen LogP contribution < -0.4 is 11.1 Å². The fourth-order valence-corrected chi connectivity index (χ4v) is 2.28. The van der Waals surface area contributed by atoms with E-state index in [0.717, 1.165) is 16.8 Å². The van der Waals surface area contributed by atoms with E-state index in [2.05, 4.69) is 10.3 Å². The van der Waals surface area contributed by atoms with Gasteiger partial charge >= 0.3 is 0 Å². The van der Waals surface area contributed by atoms with Crippen molar-refractivity contribution in [1.82, 2.24) is 4.98 Å². The quantitative estimate of drug-likeness (QED) is 0.905. The highest BCUT2D eigenvalue weighted by Gasteiger charge is 2.22. The van der Waals surface area contributed by atoms with E-state index in [9.17, 15) is 4.79 Å². The van der Waals surface area contributed by atoms with Crippen LogP contribution in [-0.4, -0.2) is 16.4 Å². The second kappa shape index (κ2) is 5.11. The van der Waals surface area contributed by atoms with Gasteiger partial charge in [0, 0.05) is 10.9 Å². The summed E-state index contributed by atoms with van der Waals surface area (Å²) in [5, 5.41) is 5.24. The lowest BCUT2D eigenvalue weighted by Crippen LogP contribution is -2.45. The molecular weight excluding hydrogens is 258 g/mol. The molecule has 3 N–H and O–H groups in total. The van der Waals surface area contributed by atoms with Crippen molar-refractivity contribution in [2.45, 2.75) is 26.3 Å². The molecule has 0 aliphatic carbocycles. The molecule has 4 nitrogen and oxygen atoms in total. The summed E-state index contributed by atoms with van der Waals surface area (Å²) in [5.41, 5.74) is 7.93. The van der Waals surface area contributed by atoms with Crippen molar-refractivity contribution in [2.75, 3.05) is 5.32 Å². The Labute approximate surface area is 116 Å². The van der Waals surface area contributed by atoms with Crippen LogP contribution in [0, 0.1) is 6.92 Å². The van der Waals surface area contributed by atoms with Crippen LogP contribution in [0.3, 0.4) is 0 Å². The van der Waals surface area contributed by atoms with E-state index in [1.165, 1.54) is 11.3 Å². The van der Waals surface area contributed by atoms with Crippen LogP contribution >= 0.6 is 11.3 Å². The molecule has 1 heterocycles. The first kappa shape index (κ1) is 13.7. The number of anilines is 1. The van der Waals surface area contributed by atoms with Crippen molar-refractivity contribution in [3.05, 3.63) is 35.2 Å². The van der Waals surface area contributed by atoms with Gasteiger partial charge in [0.15, 0.2) is 5.13 Å². The first-order valence-electron chi connectivity index (χ1n) is 6.00. The number of aromatic nitrogens is 1. The van der Waals surface area contributed by atoms with Crippen molar-refractivity contribution in [1.29, 1.82) is 0 Å². The van der Waals surface area contributed by atoms with Crippen molar-refractivity contribution in [3.63, 3.8) is 0 Å². The van der Waals surface area contributed by atoms with E-state index >= 15 is 0 Å². The van der Waals surface area contributed by atoms with Gasteiger partial charge < -0.3 is 11.1 Å². The number of thiazole rings is 1. The molecule has 1 aromatic heterocycles. The Kier molecular flexibility index (Phi) is 3.68. The second-order valence-corrected chi connectivity index (χ2v) is 5.89. The number of nitrogens with two attached hydrogens (primary N) is 1. The van der Waals surface area contributed by atoms with Crippen molar-refractivity contribution in [3.8, 4) is 11.3 Å². The molecule has 2 aromatic rings. The Morgan fingerprint density at radius 3 is 2.68 bits per heavy atom. The van der Waals surface area contributed by atoms with Crippen molar-refractivity contribution < 1.29 is 4.79 Å². The van der Waals surface area contributed by atoms with Crippen LogP contribution in [0.4, 0.5) is 5.13 Å². The van der Waals surface area contributed by atoms with Gasteiger partial charge in [-0.2, -0.15) is 0 Å². The lowest BCUT2D eigenvalue weighted by Gasteiger charge is -2.16. The van der Waals surface area contributed by atoms with Gasteiger partial charge in [-0.3, -0.25) is 4.79 Å². The maximum absolute atomic E-state index is 11.8. The fraction of sp³-hybridized carbons (Fsp3) is 0.286. The zero-order valence-corrected chi connectivity index (χ0v) is 12.0. The van der Waals surface area contributed by atoms with Gasteiger partial charge in [0.05, 0.1) is 11.2 Å². The summed E-state index contributed by atoms with van der Waals surface area (Å²) in [7, 11) is 0. The Balaban J connectivity index is 2.21. The van der Waals surface area contributed by atoms with E-state index in [1.807, 2.05) is 36.6 Å². The zero-order valence-electron chi connectivity index (χ0n) is 11.2. The topological polar surface area (TPSA) is 68.0 Å². The average Bonchev–Trinajstić information content (AvgIpc) is 2.76. The highest BCUT2D eigenvalue weighted by atomic mass is 32.1. The monoisotopic (exact) mass is 275 g/mol. The van der Waals surface area contributed by atoms with Gasteiger partial charge in [-0.15, -0.1) is 11.3 Å². The van der Waals surface area contributed by atoms with E-state index in [-0.39, 0.29) is 5.91 Å². The predicted octanol–water partition coefficient (Wildman–Crippen LogP) is 2.79. The molecule has 0 bridgehead atoms. The van der Waals surface area contributed by atoms with Crippen LogP contribution in [0.2, 0.25) is 0 Å². The number of carbonyl (C=O) groups is 1. The number of hydrogen-bond acceptors (Lipinski definition) is 4. The van der Waals surface area contributed by atoms with E-state index in [0.29, 0.717) is 5.13 Å². The molecule has 0 aliphatic heterocycles. The minimum atomic E-state index is -0.908. The molecule has 0 fully saturated rings. The molecule has 19 heavy (non-hydrogen) atoms. The molecule has 2 rings (SSSR count). The average molecular weight is 275 g/mol. The lowest BCUT2D eigenvalue weighted by molar-refractivity contribution is -0.120. The maximum Gasteiger partial charge on any atom is 0.245 e. The first-order chi connectivity index (χ1) is 8.88. The molecule has 0 atom stereocenters. The van der Waals surface area contributed by atoms with E-state index in [1.54, 1.807) is 13.8 Å². The third kappa shape index (κ3) is 3.19. The minimum Gasteiger partial charge on any atom is -0.318 e. The Morgan fingerprint density at radius 1 is 1.37 bits per heavy atom. The summed E-state index contributed by atoms with van der Waals surface area (Å²) in [6.07, 6.45) is 0. The molecular formula is C14H17N3OS. The molecule has 0 saturated heterocycles. The minimum absolute atomic E-state index is 0.238. The molecule has 5 heteroatoms. The highest BCUT2D eigenvalue weighted by Crippen LogP contribution is 2.27. The Hall–Kier alpha value is -1.72. The molecule has 0 unspecified atom stereocenters.